The molecule has 1 aromatic carbocycles. The number of hydrogen-bond acceptors (Lipinski definition) is 3. The van der Waals surface area contributed by atoms with Crippen LogP contribution in [0.1, 0.15) is 18.9 Å². The summed E-state index contributed by atoms with van der Waals surface area (Å²) in [6, 6.07) is 3.86. The fourth-order valence-corrected chi connectivity index (χ4v) is 1.86. The maximum absolute atomic E-state index is 9.74. The van der Waals surface area contributed by atoms with Gasteiger partial charge in [-0.3, -0.25) is 0 Å². The fraction of sp³-hybridized carbons (Fsp3) is 0.455. The Labute approximate surface area is 98.4 Å². The molecule has 4 heteroatoms. The lowest BCUT2D eigenvalue weighted by Crippen LogP contribution is -2.15. The molecular formula is C11H16BrNO2. The van der Waals surface area contributed by atoms with E-state index in [1.165, 1.54) is 7.11 Å². The van der Waals surface area contributed by atoms with Crippen molar-refractivity contribution in [1.82, 2.24) is 0 Å². The Morgan fingerprint density at radius 1 is 1.53 bits per heavy atom. The van der Waals surface area contributed by atoms with Gasteiger partial charge in [-0.1, -0.05) is 6.07 Å². The molecule has 15 heavy (non-hydrogen) atoms. The molecule has 0 aliphatic rings. The maximum Gasteiger partial charge on any atom is 0.172 e. The molecule has 1 atom stereocenters. The number of methoxy groups -OCH3 is 1. The number of phenolic OH excluding ortho intramolecular Hbond substituents is 1. The highest BCUT2D eigenvalue weighted by Crippen LogP contribution is 2.36. The Morgan fingerprint density at radius 2 is 2.20 bits per heavy atom. The van der Waals surface area contributed by atoms with E-state index in [1.54, 1.807) is 6.07 Å². The van der Waals surface area contributed by atoms with Gasteiger partial charge in [-0.15, -0.1) is 0 Å². The zero-order chi connectivity index (χ0) is 11.4. The molecular weight excluding hydrogens is 258 g/mol. The first kappa shape index (κ1) is 12.3. The summed E-state index contributed by atoms with van der Waals surface area (Å²) in [6.45, 7) is 1.97. The third-order valence-corrected chi connectivity index (χ3v) is 3.13. The van der Waals surface area contributed by atoms with Gasteiger partial charge in [0.2, 0.25) is 0 Å². The average Bonchev–Trinajstić information content (AvgIpc) is 2.20. The van der Waals surface area contributed by atoms with Crippen LogP contribution >= 0.6 is 15.9 Å². The quantitative estimate of drug-likeness (QED) is 0.886. The SMILES string of the molecule is COc1ccc(CCC(C)N)c(Br)c1O. The largest absolute Gasteiger partial charge is 0.503 e. The van der Waals surface area contributed by atoms with E-state index >= 15 is 0 Å². The molecule has 0 heterocycles. The summed E-state index contributed by atoms with van der Waals surface area (Å²) in [7, 11) is 1.53. The third-order valence-electron chi connectivity index (χ3n) is 2.25. The van der Waals surface area contributed by atoms with Crippen molar-refractivity contribution in [3.63, 3.8) is 0 Å². The molecule has 1 rings (SSSR count). The number of hydrogen-bond donors (Lipinski definition) is 2. The second kappa shape index (κ2) is 5.37. The van der Waals surface area contributed by atoms with E-state index in [-0.39, 0.29) is 11.8 Å². The summed E-state index contributed by atoms with van der Waals surface area (Å²) >= 11 is 3.35. The summed E-state index contributed by atoms with van der Waals surface area (Å²) in [4.78, 5) is 0. The number of nitrogens with two attached hydrogens (primary N) is 1. The van der Waals surface area contributed by atoms with Crippen molar-refractivity contribution < 1.29 is 9.84 Å². The molecule has 0 aromatic heterocycles. The molecule has 0 fully saturated rings. The van der Waals surface area contributed by atoms with Crippen molar-refractivity contribution in [2.45, 2.75) is 25.8 Å². The smallest absolute Gasteiger partial charge is 0.172 e. The highest BCUT2D eigenvalue weighted by molar-refractivity contribution is 9.10. The number of phenols is 1. The number of halogens is 1. The van der Waals surface area contributed by atoms with Gasteiger partial charge in [-0.25, -0.2) is 0 Å². The first-order chi connectivity index (χ1) is 7.06. The summed E-state index contributed by atoms with van der Waals surface area (Å²) in [5.74, 6) is 0.631. The first-order valence-electron chi connectivity index (χ1n) is 4.86. The summed E-state index contributed by atoms with van der Waals surface area (Å²) < 4.78 is 5.70. The Kier molecular flexibility index (Phi) is 4.42. The second-order valence-corrected chi connectivity index (χ2v) is 4.40. The van der Waals surface area contributed by atoms with Crippen LogP contribution in [-0.2, 0) is 6.42 Å². The van der Waals surface area contributed by atoms with Crippen LogP contribution in [0.4, 0.5) is 0 Å². The predicted molar refractivity (Wildman–Crippen MR) is 64.3 cm³/mol. The second-order valence-electron chi connectivity index (χ2n) is 3.61. The fourth-order valence-electron chi connectivity index (χ4n) is 1.33. The van der Waals surface area contributed by atoms with E-state index in [9.17, 15) is 5.11 Å². The molecule has 3 nitrogen and oxygen atoms in total. The first-order valence-corrected chi connectivity index (χ1v) is 5.65. The third kappa shape index (κ3) is 3.11. The monoisotopic (exact) mass is 273 g/mol. The molecule has 0 spiro atoms. The molecule has 84 valence electrons. The number of ether oxygens (including phenoxy) is 1. The van der Waals surface area contributed by atoms with Crippen LogP contribution in [0.3, 0.4) is 0 Å². The van der Waals surface area contributed by atoms with Gasteiger partial charge in [0.1, 0.15) is 0 Å². The van der Waals surface area contributed by atoms with Crippen LogP contribution in [0.5, 0.6) is 11.5 Å². The summed E-state index contributed by atoms with van der Waals surface area (Å²) in [6.07, 6.45) is 1.74. The molecule has 1 unspecified atom stereocenters. The van der Waals surface area contributed by atoms with E-state index < -0.39 is 0 Å². The number of aryl methyl sites for hydroxylation is 1. The van der Waals surface area contributed by atoms with Crippen molar-refractivity contribution in [3.05, 3.63) is 22.2 Å². The van der Waals surface area contributed by atoms with Crippen LogP contribution in [0.2, 0.25) is 0 Å². The van der Waals surface area contributed by atoms with Crippen LogP contribution in [0.15, 0.2) is 16.6 Å². The van der Waals surface area contributed by atoms with Crippen LogP contribution in [-0.4, -0.2) is 18.3 Å². The van der Waals surface area contributed by atoms with Gasteiger partial charge in [0, 0.05) is 6.04 Å². The Hall–Kier alpha value is -0.740. The molecule has 3 N–H and O–H groups in total. The predicted octanol–water partition coefficient (Wildman–Crippen LogP) is 2.44. The topological polar surface area (TPSA) is 55.5 Å². The van der Waals surface area contributed by atoms with Gasteiger partial charge < -0.3 is 15.6 Å². The lowest BCUT2D eigenvalue weighted by Gasteiger charge is -2.10. The summed E-state index contributed by atoms with van der Waals surface area (Å²) in [5, 5.41) is 9.74. The van der Waals surface area contributed by atoms with Gasteiger partial charge >= 0.3 is 0 Å². The molecule has 0 saturated carbocycles. The Morgan fingerprint density at radius 3 is 2.73 bits per heavy atom. The molecule has 0 saturated heterocycles. The Bertz CT molecular complexity index is 340. The van der Waals surface area contributed by atoms with E-state index in [4.69, 9.17) is 10.5 Å². The minimum absolute atomic E-state index is 0.152. The highest BCUT2D eigenvalue weighted by Gasteiger charge is 2.10. The number of rotatable bonds is 4. The molecule has 0 aliphatic heterocycles. The normalized spacial score (nSPS) is 12.5. The van der Waals surface area contributed by atoms with E-state index in [2.05, 4.69) is 15.9 Å². The Balaban J connectivity index is 2.87. The zero-order valence-electron chi connectivity index (χ0n) is 8.96. The van der Waals surface area contributed by atoms with Crippen molar-refractivity contribution >= 4 is 15.9 Å². The minimum atomic E-state index is 0.152. The molecule has 0 amide bonds. The summed E-state index contributed by atoms with van der Waals surface area (Å²) in [5.41, 5.74) is 6.73. The van der Waals surface area contributed by atoms with Crippen LogP contribution in [0, 0.1) is 0 Å². The van der Waals surface area contributed by atoms with Gasteiger partial charge in [0.05, 0.1) is 11.6 Å². The van der Waals surface area contributed by atoms with Gasteiger partial charge in [-0.05, 0) is 47.3 Å². The van der Waals surface area contributed by atoms with Crippen molar-refractivity contribution in [3.8, 4) is 11.5 Å². The van der Waals surface area contributed by atoms with Crippen molar-refractivity contribution in [2.75, 3.05) is 7.11 Å². The van der Waals surface area contributed by atoms with Gasteiger partial charge in [0.15, 0.2) is 11.5 Å². The highest BCUT2D eigenvalue weighted by atomic mass is 79.9. The molecule has 0 bridgehead atoms. The maximum atomic E-state index is 9.74. The minimum Gasteiger partial charge on any atom is -0.503 e. The van der Waals surface area contributed by atoms with Gasteiger partial charge in [0.25, 0.3) is 0 Å². The average molecular weight is 274 g/mol. The molecule has 0 aliphatic carbocycles. The van der Waals surface area contributed by atoms with Crippen molar-refractivity contribution in [2.24, 2.45) is 5.73 Å². The standard InChI is InChI=1S/C11H16BrNO2/c1-7(13)3-4-8-5-6-9(15-2)11(14)10(8)12/h5-7,14H,3-4,13H2,1-2H3. The van der Waals surface area contributed by atoms with E-state index in [1.807, 2.05) is 13.0 Å². The van der Waals surface area contributed by atoms with Crippen molar-refractivity contribution in [1.29, 1.82) is 0 Å². The van der Waals surface area contributed by atoms with Crippen LogP contribution in [0.25, 0.3) is 0 Å². The van der Waals surface area contributed by atoms with Crippen LogP contribution < -0.4 is 10.5 Å². The zero-order valence-corrected chi connectivity index (χ0v) is 10.5. The van der Waals surface area contributed by atoms with E-state index in [0.29, 0.717) is 10.2 Å². The lowest BCUT2D eigenvalue weighted by molar-refractivity contribution is 0.371. The molecule has 0 radical (unpaired) electrons. The number of benzene rings is 1. The lowest BCUT2D eigenvalue weighted by atomic mass is 10.1. The van der Waals surface area contributed by atoms with Gasteiger partial charge in [-0.2, -0.15) is 0 Å². The van der Waals surface area contributed by atoms with E-state index in [0.717, 1.165) is 18.4 Å². The molecule has 1 aromatic rings. The number of aromatic hydroxyl groups is 1.